The first-order chi connectivity index (χ1) is 26.1. The zero-order valence-corrected chi connectivity index (χ0v) is 33.2. The number of aryl methyl sites for hydroxylation is 1. The fourth-order valence-corrected chi connectivity index (χ4v) is 7.38. The van der Waals surface area contributed by atoms with Gasteiger partial charge < -0.3 is 19.4 Å². The van der Waals surface area contributed by atoms with E-state index in [1.807, 2.05) is 55.5 Å². The summed E-state index contributed by atoms with van der Waals surface area (Å²) in [6, 6.07) is 43.4. The predicted molar refractivity (Wildman–Crippen MR) is 216 cm³/mol. The van der Waals surface area contributed by atoms with Crippen molar-refractivity contribution in [2.75, 3.05) is 14.2 Å². The van der Waals surface area contributed by atoms with E-state index in [0.29, 0.717) is 11.5 Å². The van der Waals surface area contributed by atoms with E-state index in [-0.39, 0.29) is 19.5 Å². The quantitative estimate of drug-likeness (QED) is 0.158. The molecule has 3 aromatic heterocycles. The van der Waals surface area contributed by atoms with Crippen molar-refractivity contribution >= 4 is 46.4 Å². The number of benzene rings is 4. The zero-order valence-electron chi connectivity index (χ0n) is 30.2. The molecule has 6 nitrogen and oxygen atoms in total. The third-order valence-corrected chi connectivity index (χ3v) is 9.78. The van der Waals surface area contributed by atoms with Gasteiger partial charge in [-0.15, -0.1) is 22.1 Å². The Morgan fingerprint density at radius 2 is 0.759 bits per heavy atom. The van der Waals surface area contributed by atoms with E-state index in [1.54, 1.807) is 14.2 Å². The van der Waals surface area contributed by atoms with E-state index < -0.39 is 0 Å². The first-order valence-corrected chi connectivity index (χ1v) is 17.5. The Morgan fingerprint density at radius 1 is 0.407 bits per heavy atom. The van der Waals surface area contributed by atoms with Crippen molar-refractivity contribution in [2.24, 2.45) is 0 Å². The second kappa shape index (κ2) is 14.6. The summed E-state index contributed by atoms with van der Waals surface area (Å²) in [6.45, 7) is 2.01. The second-order valence-electron chi connectivity index (χ2n) is 13.0. The van der Waals surface area contributed by atoms with Gasteiger partial charge in [0.05, 0.1) is 37.0 Å². The molecule has 0 saturated carbocycles. The van der Waals surface area contributed by atoms with E-state index in [9.17, 15) is 0 Å². The standard InChI is InChI=1S/C47H34N4O2.Zn/c1-29-19-20-33(47(53-3)46(29)52-2)45-40-27-25-38(50-40)43(31-15-9-5-10-16-31)36-23-21-34(48-36)42(30-13-7-4-8-14-30)35-22-24-37(49-35)44(32-17-11-6-12-18-32)39-26-28-41(45)51-39;/h4-28H,1-3H3;/q-2;+2. The van der Waals surface area contributed by atoms with Gasteiger partial charge in [-0.05, 0) is 75.7 Å². The molecule has 7 aromatic rings. The maximum absolute atomic E-state index is 6.07. The molecular weight excluding hydrogens is 718 g/mol. The van der Waals surface area contributed by atoms with Gasteiger partial charge in [-0.25, -0.2) is 9.97 Å². The van der Waals surface area contributed by atoms with Crippen molar-refractivity contribution in [3.63, 3.8) is 0 Å². The van der Waals surface area contributed by atoms with Crippen molar-refractivity contribution in [1.29, 1.82) is 0 Å². The minimum atomic E-state index is 0. The Bertz CT molecular complexity index is 2710. The third-order valence-electron chi connectivity index (χ3n) is 9.78. The van der Waals surface area contributed by atoms with Gasteiger partial charge in [0.15, 0.2) is 11.5 Å². The van der Waals surface area contributed by atoms with Gasteiger partial charge in [0, 0.05) is 5.56 Å². The predicted octanol–water partition coefficient (Wildman–Crippen LogP) is 10.9. The summed E-state index contributed by atoms with van der Waals surface area (Å²) in [5.41, 5.74) is 15.0. The molecule has 0 amide bonds. The van der Waals surface area contributed by atoms with E-state index in [1.165, 1.54) is 0 Å². The van der Waals surface area contributed by atoms with Crippen LogP contribution < -0.4 is 19.4 Å². The zero-order chi connectivity index (χ0) is 35.9. The van der Waals surface area contributed by atoms with Crippen molar-refractivity contribution < 1.29 is 29.0 Å². The minimum Gasteiger partial charge on any atom is -0.657 e. The van der Waals surface area contributed by atoms with E-state index >= 15 is 0 Å². The molecule has 2 aliphatic rings. The molecule has 9 rings (SSSR count). The summed E-state index contributed by atoms with van der Waals surface area (Å²) in [7, 11) is 3.34. The Hall–Kier alpha value is -6.30. The topological polar surface area (TPSA) is 72.4 Å². The summed E-state index contributed by atoms with van der Waals surface area (Å²) in [4.78, 5) is 21.4. The molecular formula is C47H34N4O2Zn. The van der Waals surface area contributed by atoms with E-state index in [2.05, 4.69) is 103 Å². The fraction of sp³-hybridized carbons (Fsp3) is 0.0638. The van der Waals surface area contributed by atoms with Gasteiger partial charge in [-0.3, -0.25) is 0 Å². The molecule has 0 saturated heterocycles. The van der Waals surface area contributed by atoms with Crippen LogP contribution in [0.15, 0.2) is 127 Å². The SMILES string of the molecule is COc1c(C)ccc(-c2c3nc(c(-c4ccccc4)c4ccc([n-]4)c(-c4ccccc4)c4nc(c(-c5ccccc5)c5ccc2[n-]5)C=C4)C=C3)c1OC.[Zn+2]. The number of hydrogen-bond acceptors (Lipinski definition) is 4. The summed E-state index contributed by atoms with van der Waals surface area (Å²) in [5, 5.41) is 0. The Kier molecular flexibility index (Phi) is 9.41. The average Bonchev–Trinajstić information content (AvgIpc) is 4.04. The van der Waals surface area contributed by atoms with E-state index in [0.717, 1.165) is 94.9 Å². The molecule has 0 unspecified atom stereocenters. The smallest absolute Gasteiger partial charge is 0.657 e. The van der Waals surface area contributed by atoms with Crippen LogP contribution in [0.2, 0.25) is 0 Å². The molecule has 5 heterocycles. The van der Waals surface area contributed by atoms with Crippen LogP contribution in [-0.4, -0.2) is 24.2 Å². The van der Waals surface area contributed by atoms with Gasteiger partial charge in [0.1, 0.15) is 0 Å². The molecule has 2 aliphatic heterocycles. The number of aromatic nitrogens is 4. The largest absolute Gasteiger partial charge is 2.00 e. The Balaban J connectivity index is 0.00000413. The fourth-order valence-electron chi connectivity index (χ4n) is 7.38. The maximum Gasteiger partial charge on any atom is 2.00 e. The van der Waals surface area contributed by atoms with E-state index in [4.69, 9.17) is 29.4 Å². The van der Waals surface area contributed by atoms with Crippen molar-refractivity contribution in [1.82, 2.24) is 19.9 Å². The second-order valence-corrected chi connectivity index (χ2v) is 13.0. The molecule has 4 aromatic carbocycles. The van der Waals surface area contributed by atoms with Crippen molar-refractivity contribution in [2.45, 2.75) is 6.92 Å². The van der Waals surface area contributed by atoms with Crippen LogP contribution in [0.5, 0.6) is 11.5 Å². The third kappa shape index (κ3) is 6.07. The first-order valence-electron chi connectivity index (χ1n) is 17.5. The van der Waals surface area contributed by atoms with Crippen molar-refractivity contribution in [3.8, 4) is 56.0 Å². The minimum absolute atomic E-state index is 0. The van der Waals surface area contributed by atoms with Gasteiger partial charge >= 0.3 is 19.5 Å². The summed E-state index contributed by atoms with van der Waals surface area (Å²) in [6.07, 6.45) is 8.30. The van der Waals surface area contributed by atoms with Crippen LogP contribution >= 0.6 is 0 Å². The summed E-state index contributed by atoms with van der Waals surface area (Å²) in [5.74, 6) is 1.29. The van der Waals surface area contributed by atoms with Crippen LogP contribution in [0, 0.1) is 6.92 Å². The molecule has 0 N–H and O–H groups in total. The Morgan fingerprint density at radius 3 is 1.13 bits per heavy atom. The van der Waals surface area contributed by atoms with Gasteiger partial charge in [-0.1, -0.05) is 127 Å². The van der Waals surface area contributed by atoms with Crippen molar-refractivity contribution in [3.05, 3.63) is 156 Å². The number of rotatable bonds is 6. The summed E-state index contributed by atoms with van der Waals surface area (Å²) >= 11 is 0. The first kappa shape index (κ1) is 34.8. The molecule has 7 heteroatoms. The molecule has 0 radical (unpaired) electrons. The normalized spacial score (nSPS) is 11.7. The monoisotopic (exact) mass is 750 g/mol. The number of ether oxygens (including phenoxy) is 2. The van der Waals surface area contributed by atoms with Crippen LogP contribution in [0.4, 0.5) is 0 Å². The molecule has 256 valence electrons. The molecule has 0 spiro atoms. The Labute approximate surface area is 326 Å². The summed E-state index contributed by atoms with van der Waals surface area (Å²) < 4.78 is 12.0. The number of fused-ring (bicyclic) bond motifs is 8. The molecule has 54 heavy (non-hydrogen) atoms. The number of hydrogen-bond donors (Lipinski definition) is 0. The number of nitrogens with zero attached hydrogens (tertiary/aromatic N) is 4. The molecule has 8 bridgehead atoms. The van der Waals surface area contributed by atoms with Crippen LogP contribution in [0.1, 0.15) is 28.3 Å². The van der Waals surface area contributed by atoms with Gasteiger partial charge in [-0.2, -0.15) is 0 Å². The van der Waals surface area contributed by atoms with Gasteiger partial charge in [0.25, 0.3) is 0 Å². The molecule has 0 atom stereocenters. The molecule has 0 aliphatic carbocycles. The van der Waals surface area contributed by atoms with Crippen LogP contribution in [0.25, 0.3) is 90.9 Å². The van der Waals surface area contributed by atoms with Crippen LogP contribution in [-0.2, 0) is 19.5 Å². The number of methoxy groups -OCH3 is 2. The van der Waals surface area contributed by atoms with Crippen LogP contribution in [0.3, 0.4) is 0 Å². The van der Waals surface area contributed by atoms with Gasteiger partial charge in [0.2, 0.25) is 0 Å². The average molecular weight is 752 g/mol. The maximum atomic E-state index is 6.07. The molecule has 0 fully saturated rings.